The third kappa shape index (κ3) is 2.66. The molecule has 0 bridgehead atoms. The molecular weight excluding hydrogens is 204 g/mol. The Kier molecular flexibility index (Phi) is 4.91. The Balaban J connectivity index is 2.70. The van der Waals surface area contributed by atoms with E-state index >= 15 is 0 Å². The van der Waals surface area contributed by atoms with E-state index in [-0.39, 0.29) is 6.61 Å². The molecule has 0 aromatic heterocycles. The molecule has 0 unspecified atom stereocenters. The summed E-state index contributed by atoms with van der Waals surface area (Å²) < 4.78 is 20.3. The summed E-state index contributed by atoms with van der Waals surface area (Å²) >= 11 is 0. The molecule has 6 heteroatoms. The second-order valence-corrected chi connectivity index (χ2v) is 3.42. The first kappa shape index (κ1) is 12.8. The summed E-state index contributed by atoms with van der Waals surface area (Å²) in [5.74, 6) is 0. The van der Waals surface area contributed by atoms with E-state index in [1.54, 1.807) is 0 Å². The van der Waals surface area contributed by atoms with Gasteiger partial charge in [-0.2, -0.15) is 0 Å². The van der Waals surface area contributed by atoms with Crippen LogP contribution in [0.15, 0.2) is 0 Å². The lowest BCUT2D eigenvalue weighted by Crippen LogP contribution is -2.59. The summed E-state index contributed by atoms with van der Waals surface area (Å²) in [4.78, 5) is 0. The fourth-order valence-corrected chi connectivity index (χ4v) is 1.69. The van der Waals surface area contributed by atoms with Gasteiger partial charge < -0.3 is 29.2 Å². The quantitative estimate of drug-likeness (QED) is 0.618. The van der Waals surface area contributed by atoms with Gasteiger partial charge in [0, 0.05) is 21.3 Å². The number of hydrogen-bond donors (Lipinski definition) is 2. The number of rotatable bonds is 4. The van der Waals surface area contributed by atoms with E-state index in [0.717, 1.165) is 0 Å². The van der Waals surface area contributed by atoms with E-state index in [1.807, 2.05) is 0 Å². The molecule has 1 saturated heterocycles. The van der Waals surface area contributed by atoms with Crippen molar-refractivity contribution >= 4 is 0 Å². The molecule has 15 heavy (non-hydrogen) atoms. The zero-order valence-corrected chi connectivity index (χ0v) is 9.12. The molecule has 2 N–H and O–H groups in total. The Morgan fingerprint density at radius 3 is 2.20 bits per heavy atom. The highest BCUT2D eigenvalue weighted by atomic mass is 16.7. The number of hydrogen-bond acceptors (Lipinski definition) is 6. The van der Waals surface area contributed by atoms with Gasteiger partial charge in [-0.3, -0.25) is 0 Å². The van der Waals surface area contributed by atoms with Crippen molar-refractivity contribution in [3.8, 4) is 0 Å². The molecule has 0 aliphatic carbocycles. The van der Waals surface area contributed by atoms with Crippen molar-refractivity contribution in [2.75, 3.05) is 27.9 Å². The maximum absolute atomic E-state index is 9.75. The molecule has 1 aliphatic heterocycles. The standard InChI is InChI=1S/C9H18O6/c1-12-4-5-8(13-2)6(10)7(11)9(14-3)15-5/h5-11H,4H2,1-3H3/t5-,6-,7+,8-,9+/m1/s1. The first-order chi connectivity index (χ1) is 7.15. The molecule has 1 fully saturated rings. The topological polar surface area (TPSA) is 77.4 Å². The molecule has 1 aliphatic rings. The SMILES string of the molecule is COC[C@H]1O[C@H](OC)[C@@H](O)[C@@H](O)[C@@H]1OC. The summed E-state index contributed by atoms with van der Waals surface area (Å²) in [7, 11) is 4.37. The van der Waals surface area contributed by atoms with Gasteiger partial charge in [0.15, 0.2) is 6.29 Å². The van der Waals surface area contributed by atoms with Crippen LogP contribution in [0, 0.1) is 0 Å². The maximum Gasteiger partial charge on any atom is 0.186 e. The van der Waals surface area contributed by atoms with E-state index in [0.29, 0.717) is 0 Å². The fourth-order valence-electron chi connectivity index (χ4n) is 1.69. The fraction of sp³-hybridized carbons (Fsp3) is 1.00. The molecule has 0 aromatic rings. The zero-order chi connectivity index (χ0) is 11.4. The second-order valence-electron chi connectivity index (χ2n) is 3.42. The lowest BCUT2D eigenvalue weighted by atomic mass is 9.99. The molecule has 1 rings (SSSR count). The third-order valence-electron chi connectivity index (χ3n) is 2.48. The molecule has 0 amide bonds. The van der Waals surface area contributed by atoms with Gasteiger partial charge in [0.2, 0.25) is 0 Å². The summed E-state index contributed by atoms with van der Waals surface area (Å²) in [6, 6.07) is 0. The van der Waals surface area contributed by atoms with E-state index in [2.05, 4.69) is 0 Å². The Bertz CT molecular complexity index is 187. The highest BCUT2D eigenvalue weighted by molar-refractivity contribution is 4.89. The second kappa shape index (κ2) is 5.74. The Hall–Kier alpha value is -0.240. The third-order valence-corrected chi connectivity index (χ3v) is 2.48. The summed E-state index contributed by atoms with van der Waals surface area (Å²) in [5.41, 5.74) is 0. The van der Waals surface area contributed by atoms with Crippen molar-refractivity contribution in [2.24, 2.45) is 0 Å². The first-order valence-electron chi connectivity index (χ1n) is 4.71. The predicted molar refractivity (Wildman–Crippen MR) is 50.4 cm³/mol. The summed E-state index contributed by atoms with van der Waals surface area (Å²) in [5, 5.41) is 19.3. The van der Waals surface area contributed by atoms with Crippen LogP contribution in [-0.4, -0.2) is 68.9 Å². The van der Waals surface area contributed by atoms with Gasteiger partial charge in [-0.05, 0) is 0 Å². The molecule has 1 heterocycles. The molecular formula is C9H18O6. The van der Waals surface area contributed by atoms with Gasteiger partial charge in [-0.1, -0.05) is 0 Å². The van der Waals surface area contributed by atoms with Crippen LogP contribution < -0.4 is 0 Å². The smallest absolute Gasteiger partial charge is 0.186 e. The highest BCUT2D eigenvalue weighted by Crippen LogP contribution is 2.23. The number of ether oxygens (including phenoxy) is 4. The minimum absolute atomic E-state index is 0.266. The number of aliphatic hydroxyl groups is 2. The van der Waals surface area contributed by atoms with Gasteiger partial charge in [0.05, 0.1) is 6.61 Å². The Morgan fingerprint density at radius 2 is 1.73 bits per heavy atom. The van der Waals surface area contributed by atoms with Crippen molar-refractivity contribution in [1.82, 2.24) is 0 Å². The molecule has 5 atom stereocenters. The molecule has 0 radical (unpaired) electrons. The van der Waals surface area contributed by atoms with Crippen LogP contribution in [-0.2, 0) is 18.9 Å². The lowest BCUT2D eigenvalue weighted by molar-refractivity contribution is -0.299. The van der Waals surface area contributed by atoms with E-state index in [9.17, 15) is 10.2 Å². The largest absolute Gasteiger partial charge is 0.387 e. The van der Waals surface area contributed by atoms with Gasteiger partial charge in [-0.15, -0.1) is 0 Å². The minimum atomic E-state index is -1.12. The van der Waals surface area contributed by atoms with Crippen molar-refractivity contribution in [3.05, 3.63) is 0 Å². The first-order valence-corrected chi connectivity index (χ1v) is 4.71. The monoisotopic (exact) mass is 222 g/mol. The van der Waals surface area contributed by atoms with Crippen molar-refractivity contribution in [3.63, 3.8) is 0 Å². The number of aliphatic hydroxyl groups excluding tert-OH is 2. The molecule has 0 spiro atoms. The summed E-state index contributed by atoms with van der Waals surface area (Å²) in [6.45, 7) is 0.266. The minimum Gasteiger partial charge on any atom is -0.387 e. The maximum atomic E-state index is 9.75. The van der Waals surface area contributed by atoms with Crippen molar-refractivity contribution in [2.45, 2.75) is 30.7 Å². The van der Waals surface area contributed by atoms with Crippen LogP contribution in [0.1, 0.15) is 0 Å². The average molecular weight is 222 g/mol. The van der Waals surface area contributed by atoms with Crippen LogP contribution in [0.4, 0.5) is 0 Å². The normalized spacial score (nSPS) is 41.8. The van der Waals surface area contributed by atoms with Crippen molar-refractivity contribution in [1.29, 1.82) is 0 Å². The summed E-state index contributed by atoms with van der Waals surface area (Å²) in [6.07, 6.45) is -4.09. The average Bonchev–Trinajstić information content (AvgIpc) is 2.24. The molecule has 0 aromatic carbocycles. The number of methoxy groups -OCH3 is 3. The van der Waals surface area contributed by atoms with Crippen LogP contribution >= 0.6 is 0 Å². The van der Waals surface area contributed by atoms with E-state index < -0.39 is 30.7 Å². The van der Waals surface area contributed by atoms with Crippen LogP contribution in [0.3, 0.4) is 0 Å². The van der Waals surface area contributed by atoms with Crippen LogP contribution in [0.5, 0.6) is 0 Å². The lowest BCUT2D eigenvalue weighted by Gasteiger charge is -2.41. The van der Waals surface area contributed by atoms with Gasteiger partial charge in [0.1, 0.15) is 24.4 Å². The van der Waals surface area contributed by atoms with Gasteiger partial charge in [0.25, 0.3) is 0 Å². The molecule has 6 nitrogen and oxygen atoms in total. The van der Waals surface area contributed by atoms with Gasteiger partial charge in [-0.25, -0.2) is 0 Å². The zero-order valence-electron chi connectivity index (χ0n) is 9.12. The van der Waals surface area contributed by atoms with Crippen LogP contribution in [0.25, 0.3) is 0 Å². The predicted octanol–water partition coefficient (Wildman–Crippen LogP) is -1.26. The molecule has 90 valence electrons. The van der Waals surface area contributed by atoms with E-state index in [1.165, 1.54) is 21.3 Å². The highest BCUT2D eigenvalue weighted by Gasteiger charge is 2.44. The van der Waals surface area contributed by atoms with E-state index in [4.69, 9.17) is 18.9 Å². The van der Waals surface area contributed by atoms with Crippen molar-refractivity contribution < 1.29 is 29.2 Å². The Labute approximate surface area is 88.7 Å². The van der Waals surface area contributed by atoms with Gasteiger partial charge >= 0.3 is 0 Å². The molecule has 0 saturated carbocycles. The Morgan fingerprint density at radius 1 is 1.07 bits per heavy atom. The van der Waals surface area contributed by atoms with Crippen LogP contribution in [0.2, 0.25) is 0 Å².